The van der Waals surface area contributed by atoms with Crippen molar-refractivity contribution in [1.29, 1.82) is 0 Å². The summed E-state index contributed by atoms with van der Waals surface area (Å²) in [5.41, 5.74) is 6.67. The van der Waals surface area contributed by atoms with Crippen LogP contribution in [0.15, 0.2) is 24.4 Å². The molecule has 21 heavy (non-hydrogen) atoms. The fraction of sp³-hybridized carbons (Fsp3) is 0.500. The molecule has 0 saturated carbocycles. The highest BCUT2D eigenvalue weighted by molar-refractivity contribution is 5.38. The monoisotopic (exact) mass is 285 g/mol. The van der Waals surface area contributed by atoms with Crippen LogP contribution < -0.4 is 5.32 Å². The van der Waals surface area contributed by atoms with Gasteiger partial charge < -0.3 is 5.32 Å². The van der Waals surface area contributed by atoms with Crippen LogP contribution in [0.3, 0.4) is 0 Å². The first-order valence-electron chi connectivity index (χ1n) is 7.81. The Labute approximate surface area is 128 Å². The number of rotatable bonds is 6. The van der Waals surface area contributed by atoms with E-state index in [0.717, 1.165) is 25.1 Å². The van der Waals surface area contributed by atoms with E-state index in [4.69, 9.17) is 0 Å². The first-order chi connectivity index (χ1) is 10.0. The Kier molecular flexibility index (Phi) is 5.18. The fourth-order valence-electron chi connectivity index (χ4n) is 2.95. The van der Waals surface area contributed by atoms with Crippen LogP contribution >= 0.6 is 0 Å². The van der Waals surface area contributed by atoms with Crippen LogP contribution in [-0.4, -0.2) is 16.3 Å². The topological polar surface area (TPSA) is 29.9 Å². The van der Waals surface area contributed by atoms with Crippen LogP contribution in [0, 0.1) is 20.8 Å². The molecular formula is C18H27N3. The highest BCUT2D eigenvalue weighted by atomic mass is 15.3. The Hall–Kier alpha value is -1.61. The second-order valence-corrected chi connectivity index (χ2v) is 6.00. The smallest absolute Gasteiger partial charge is 0.0797 e. The van der Waals surface area contributed by atoms with E-state index in [1.54, 1.807) is 0 Å². The van der Waals surface area contributed by atoms with Gasteiger partial charge in [-0.25, -0.2) is 0 Å². The third-order valence-corrected chi connectivity index (χ3v) is 3.98. The summed E-state index contributed by atoms with van der Waals surface area (Å²) in [5.74, 6) is 0. The number of hydrogen-bond acceptors (Lipinski definition) is 2. The summed E-state index contributed by atoms with van der Waals surface area (Å²) in [6, 6.07) is 6.95. The highest BCUT2D eigenvalue weighted by Gasteiger charge is 2.16. The minimum Gasteiger partial charge on any atom is -0.308 e. The first kappa shape index (κ1) is 15.8. The Morgan fingerprint density at radius 1 is 1.19 bits per heavy atom. The molecule has 0 amide bonds. The van der Waals surface area contributed by atoms with Crippen molar-refractivity contribution >= 4 is 0 Å². The summed E-state index contributed by atoms with van der Waals surface area (Å²) in [5, 5.41) is 8.23. The Balaban J connectivity index is 2.27. The molecule has 0 radical (unpaired) electrons. The van der Waals surface area contributed by atoms with Crippen molar-refractivity contribution in [3.05, 3.63) is 52.3 Å². The Morgan fingerprint density at radius 3 is 2.38 bits per heavy atom. The van der Waals surface area contributed by atoms with Gasteiger partial charge in [0.25, 0.3) is 0 Å². The van der Waals surface area contributed by atoms with Crippen molar-refractivity contribution < 1.29 is 0 Å². The standard InChI is InChI=1S/C18H27N3/c1-6-8-19-18(17-7-9-21(5)20-17)12-16-14(3)10-13(2)11-15(16)4/h7,9-11,18-19H,6,8,12H2,1-5H3. The fourth-order valence-corrected chi connectivity index (χ4v) is 2.95. The lowest BCUT2D eigenvalue weighted by atomic mass is 9.93. The van der Waals surface area contributed by atoms with Crippen LogP contribution in [0.4, 0.5) is 0 Å². The van der Waals surface area contributed by atoms with E-state index in [9.17, 15) is 0 Å². The largest absolute Gasteiger partial charge is 0.308 e. The molecule has 2 aromatic rings. The van der Waals surface area contributed by atoms with E-state index < -0.39 is 0 Å². The minimum absolute atomic E-state index is 0.284. The Bertz CT molecular complexity index is 575. The predicted octanol–water partition coefficient (Wildman–Crippen LogP) is 3.63. The van der Waals surface area contributed by atoms with E-state index in [1.807, 2.05) is 17.9 Å². The molecule has 1 unspecified atom stereocenters. The molecule has 1 N–H and O–H groups in total. The van der Waals surface area contributed by atoms with E-state index in [1.165, 1.54) is 22.3 Å². The van der Waals surface area contributed by atoms with Gasteiger partial charge in [0.2, 0.25) is 0 Å². The van der Waals surface area contributed by atoms with E-state index in [2.05, 4.69) is 56.3 Å². The van der Waals surface area contributed by atoms with E-state index >= 15 is 0 Å². The zero-order valence-corrected chi connectivity index (χ0v) is 13.9. The van der Waals surface area contributed by atoms with Crippen molar-refractivity contribution in [2.24, 2.45) is 7.05 Å². The zero-order chi connectivity index (χ0) is 15.4. The van der Waals surface area contributed by atoms with Crippen molar-refractivity contribution in [1.82, 2.24) is 15.1 Å². The van der Waals surface area contributed by atoms with Gasteiger partial charge in [-0.15, -0.1) is 0 Å². The van der Waals surface area contributed by atoms with Crippen LogP contribution in [0.5, 0.6) is 0 Å². The molecule has 0 bridgehead atoms. The summed E-state index contributed by atoms with van der Waals surface area (Å²) in [4.78, 5) is 0. The van der Waals surface area contributed by atoms with Gasteiger partial charge in [0, 0.05) is 13.2 Å². The van der Waals surface area contributed by atoms with Crippen LogP contribution in [0.2, 0.25) is 0 Å². The number of benzene rings is 1. The maximum atomic E-state index is 4.59. The normalized spacial score (nSPS) is 12.6. The molecular weight excluding hydrogens is 258 g/mol. The molecule has 3 heteroatoms. The molecule has 0 fully saturated rings. The molecule has 1 aromatic heterocycles. The quantitative estimate of drug-likeness (QED) is 0.878. The molecule has 0 aliphatic carbocycles. The first-order valence-corrected chi connectivity index (χ1v) is 7.81. The van der Waals surface area contributed by atoms with E-state index in [0.29, 0.717) is 0 Å². The van der Waals surface area contributed by atoms with Gasteiger partial charge in [-0.3, -0.25) is 4.68 Å². The number of aromatic nitrogens is 2. The lowest BCUT2D eigenvalue weighted by Gasteiger charge is -2.20. The molecule has 0 spiro atoms. The van der Waals surface area contributed by atoms with Crippen molar-refractivity contribution in [2.75, 3.05) is 6.54 Å². The third-order valence-electron chi connectivity index (χ3n) is 3.98. The molecule has 114 valence electrons. The summed E-state index contributed by atoms with van der Waals surface area (Å²) in [6.45, 7) is 9.81. The van der Waals surface area contributed by atoms with Gasteiger partial charge in [-0.05, 0) is 62.9 Å². The zero-order valence-electron chi connectivity index (χ0n) is 13.9. The summed E-state index contributed by atoms with van der Waals surface area (Å²) < 4.78 is 1.88. The van der Waals surface area contributed by atoms with Crippen molar-refractivity contribution in [2.45, 2.75) is 46.6 Å². The number of aryl methyl sites for hydroxylation is 4. The van der Waals surface area contributed by atoms with Gasteiger partial charge >= 0.3 is 0 Å². The molecule has 0 saturated heterocycles. The average Bonchev–Trinajstić information content (AvgIpc) is 2.83. The number of nitrogens with one attached hydrogen (secondary N) is 1. The van der Waals surface area contributed by atoms with Crippen LogP contribution in [0.1, 0.15) is 47.3 Å². The average molecular weight is 285 g/mol. The molecule has 1 atom stereocenters. The summed E-state index contributed by atoms with van der Waals surface area (Å²) in [6.07, 6.45) is 4.15. The highest BCUT2D eigenvalue weighted by Crippen LogP contribution is 2.23. The molecule has 1 heterocycles. The van der Waals surface area contributed by atoms with Gasteiger partial charge in [0.05, 0.1) is 11.7 Å². The predicted molar refractivity (Wildman–Crippen MR) is 88.6 cm³/mol. The minimum atomic E-state index is 0.284. The van der Waals surface area contributed by atoms with Crippen molar-refractivity contribution in [3.63, 3.8) is 0 Å². The molecule has 0 aliphatic heterocycles. The van der Waals surface area contributed by atoms with Gasteiger partial charge in [0.15, 0.2) is 0 Å². The Morgan fingerprint density at radius 2 is 1.86 bits per heavy atom. The maximum absolute atomic E-state index is 4.59. The molecule has 2 rings (SSSR count). The second-order valence-electron chi connectivity index (χ2n) is 6.00. The number of hydrogen-bond donors (Lipinski definition) is 1. The summed E-state index contributed by atoms with van der Waals surface area (Å²) >= 11 is 0. The van der Waals surface area contributed by atoms with Crippen LogP contribution in [-0.2, 0) is 13.5 Å². The second kappa shape index (κ2) is 6.90. The molecule has 1 aromatic carbocycles. The lowest BCUT2D eigenvalue weighted by molar-refractivity contribution is 0.509. The van der Waals surface area contributed by atoms with Gasteiger partial charge in [-0.2, -0.15) is 5.10 Å². The van der Waals surface area contributed by atoms with Gasteiger partial charge in [-0.1, -0.05) is 24.6 Å². The number of nitrogens with zero attached hydrogens (tertiary/aromatic N) is 2. The van der Waals surface area contributed by atoms with Gasteiger partial charge in [0.1, 0.15) is 0 Å². The lowest BCUT2D eigenvalue weighted by Crippen LogP contribution is -2.25. The SMILES string of the molecule is CCCNC(Cc1c(C)cc(C)cc1C)c1ccn(C)n1. The maximum Gasteiger partial charge on any atom is 0.0797 e. The molecule has 3 nitrogen and oxygen atoms in total. The van der Waals surface area contributed by atoms with Crippen molar-refractivity contribution in [3.8, 4) is 0 Å². The third kappa shape index (κ3) is 3.94. The molecule has 0 aliphatic rings. The van der Waals surface area contributed by atoms with E-state index in [-0.39, 0.29) is 6.04 Å². The van der Waals surface area contributed by atoms with Crippen LogP contribution in [0.25, 0.3) is 0 Å². The summed E-state index contributed by atoms with van der Waals surface area (Å²) in [7, 11) is 1.97.